The van der Waals surface area contributed by atoms with Crippen LogP contribution in [-0.4, -0.2) is 70.6 Å². The van der Waals surface area contributed by atoms with E-state index in [-0.39, 0.29) is 24.0 Å². The molecule has 0 radical (unpaired) electrons. The number of carbonyl (C=O) groups excluding carboxylic acids is 2. The fourth-order valence-electron chi connectivity index (χ4n) is 3.51. The maximum atomic E-state index is 13.0. The molecule has 8 heteroatoms. The first-order chi connectivity index (χ1) is 12.5. The molecule has 2 fully saturated rings. The van der Waals surface area contributed by atoms with Gasteiger partial charge in [0.1, 0.15) is 0 Å². The lowest BCUT2D eigenvalue weighted by Crippen LogP contribution is -2.43. The number of hydrogen-bond acceptors (Lipinski definition) is 6. The number of nitrogens with zero attached hydrogens (tertiary/aromatic N) is 4. The van der Waals surface area contributed by atoms with E-state index < -0.39 is 0 Å². The number of hydrogen-bond donors (Lipinski definition) is 0. The van der Waals surface area contributed by atoms with Crippen LogP contribution < -0.4 is 0 Å². The second-order valence-electron chi connectivity index (χ2n) is 6.66. The Labute approximate surface area is 150 Å². The van der Waals surface area contributed by atoms with E-state index in [0.29, 0.717) is 43.4 Å². The van der Waals surface area contributed by atoms with Gasteiger partial charge >= 0.3 is 0 Å². The zero-order valence-electron chi connectivity index (χ0n) is 14.7. The third kappa shape index (κ3) is 2.96. The molecular weight excluding hydrogens is 336 g/mol. The van der Waals surface area contributed by atoms with Gasteiger partial charge in [-0.3, -0.25) is 9.59 Å². The minimum atomic E-state index is -0.140. The molecule has 8 nitrogen and oxygen atoms in total. The summed E-state index contributed by atoms with van der Waals surface area (Å²) in [7, 11) is 1.78. The molecule has 26 heavy (non-hydrogen) atoms. The average molecular weight is 356 g/mol. The Kier molecular flexibility index (Phi) is 4.20. The van der Waals surface area contributed by atoms with Crippen molar-refractivity contribution >= 4 is 11.8 Å². The average Bonchev–Trinajstić information content (AvgIpc) is 3.24. The van der Waals surface area contributed by atoms with E-state index in [1.807, 2.05) is 6.07 Å². The van der Waals surface area contributed by atoms with Crippen molar-refractivity contribution in [3.05, 3.63) is 35.7 Å². The van der Waals surface area contributed by atoms with E-state index in [4.69, 9.17) is 9.26 Å². The molecule has 0 N–H and O–H groups in total. The van der Waals surface area contributed by atoms with E-state index in [1.165, 1.54) is 0 Å². The molecule has 2 aliphatic heterocycles. The third-order valence-corrected chi connectivity index (χ3v) is 4.96. The van der Waals surface area contributed by atoms with E-state index in [0.717, 1.165) is 5.56 Å². The Balaban J connectivity index is 1.54. The summed E-state index contributed by atoms with van der Waals surface area (Å²) < 4.78 is 10.8. The highest BCUT2D eigenvalue weighted by Crippen LogP contribution is 2.25. The number of carbonyl (C=O) groups is 2. The van der Waals surface area contributed by atoms with Crippen molar-refractivity contribution in [2.75, 3.05) is 26.7 Å². The van der Waals surface area contributed by atoms with Gasteiger partial charge in [-0.15, -0.1) is 0 Å². The summed E-state index contributed by atoms with van der Waals surface area (Å²) in [5, 5.41) is 3.90. The summed E-state index contributed by atoms with van der Waals surface area (Å²) in [6.07, 6.45) is 0.252. The van der Waals surface area contributed by atoms with Crippen LogP contribution in [0, 0.1) is 6.92 Å². The molecule has 0 unspecified atom stereocenters. The maximum Gasteiger partial charge on any atom is 0.254 e. The minimum absolute atomic E-state index is 0.0567. The van der Waals surface area contributed by atoms with Crippen LogP contribution in [0.25, 0.3) is 11.4 Å². The topological polar surface area (TPSA) is 88.8 Å². The van der Waals surface area contributed by atoms with Crippen LogP contribution in [0.5, 0.6) is 0 Å². The number of amides is 2. The molecule has 2 aliphatic rings. The third-order valence-electron chi connectivity index (χ3n) is 4.96. The number of aromatic nitrogens is 2. The molecule has 1 aromatic heterocycles. The first-order valence-electron chi connectivity index (χ1n) is 8.60. The number of ether oxygens (including phenoxy) is 1. The molecule has 0 saturated carbocycles. The molecule has 0 spiro atoms. The fourth-order valence-corrected chi connectivity index (χ4v) is 3.51. The van der Waals surface area contributed by atoms with Crippen molar-refractivity contribution < 1.29 is 18.8 Å². The van der Waals surface area contributed by atoms with Crippen LogP contribution in [0.2, 0.25) is 0 Å². The first-order valence-corrected chi connectivity index (χ1v) is 8.60. The number of likely N-dealkylation sites (N-methyl/N-ethyl adjacent to an activating group) is 1. The van der Waals surface area contributed by atoms with Gasteiger partial charge in [0.15, 0.2) is 0 Å². The quantitative estimate of drug-likeness (QED) is 0.801. The molecule has 2 amide bonds. The first kappa shape index (κ1) is 16.7. The number of benzene rings is 1. The predicted molar refractivity (Wildman–Crippen MR) is 91.3 cm³/mol. The van der Waals surface area contributed by atoms with Crippen molar-refractivity contribution in [3.8, 4) is 11.4 Å². The minimum Gasteiger partial charge on any atom is -0.374 e. The molecule has 1 aromatic carbocycles. The second-order valence-corrected chi connectivity index (χ2v) is 6.66. The van der Waals surface area contributed by atoms with E-state index in [9.17, 15) is 9.59 Å². The summed E-state index contributed by atoms with van der Waals surface area (Å²) in [4.78, 5) is 32.6. The highest BCUT2D eigenvalue weighted by atomic mass is 16.5. The van der Waals surface area contributed by atoms with Gasteiger partial charge in [0, 0.05) is 38.2 Å². The molecule has 2 atom stereocenters. The van der Waals surface area contributed by atoms with Crippen LogP contribution in [-0.2, 0) is 9.53 Å². The summed E-state index contributed by atoms with van der Waals surface area (Å²) in [6.45, 7) is 3.07. The van der Waals surface area contributed by atoms with Crippen LogP contribution >= 0.6 is 0 Å². The number of likely N-dealkylation sites (tertiary alicyclic amines) is 1. The van der Waals surface area contributed by atoms with Gasteiger partial charge in [0.2, 0.25) is 17.6 Å². The summed E-state index contributed by atoms with van der Waals surface area (Å²) >= 11 is 0. The van der Waals surface area contributed by atoms with Crippen LogP contribution in [0.3, 0.4) is 0 Å². The molecule has 0 aliphatic carbocycles. The Hall–Kier alpha value is -2.74. The van der Waals surface area contributed by atoms with Crippen molar-refractivity contribution in [1.29, 1.82) is 0 Å². The lowest BCUT2D eigenvalue weighted by atomic mass is 10.1. The van der Waals surface area contributed by atoms with Crippen molar-refractivity contribution in [2.45, 2.75) is 25.5 Å². The van der Waals surface area contributed by atoms with Crippen LogP contribution in [0.4, 0.5) is 0 Å². The molecule has 2 aromatic rings. The van der Waals surface area contributed by atoms with E-state index in [1.54, 1.807) is 42.0 Å². The molecule has 0 bridgehead atoms. The Bertz CT molecular complexity index is 849. The van der Waals surface area contributed by atoms with Crippen molar-refractivity contribution in [2.24, 2.45) is 0 Å². The van der Waals surface area contributed by atoms with Crippen molar-refractivity contribution in [3.63, 3.8) is 0 Å². The monoisotopic (exact) mass is 356 g/mol. The maximum absolute atomic E-state index is 13.0. The Morgan fingerprint density at radius 1 is 1.31 bits per heavy atom. The summed E-state index contributed by atoms with van der Waals surface area (Å²) in [5.74, 6) is 0.893. The standard InChI is InChI=1S/C18H20N4O4/c1-11-19-17(20-26-11)12-4-3-5-13(8-12)18(24)22-9-14-15(10-22)25-7-6-16(23)21(14)2/h3-5,8,14-15H,6-7,9-10H2,1-2H3/t14-,15-/m0/s1. The molecule has 3 heterocycles. The van der Waals surface area contributed by atoms with Gasteiger partial charge in [-0.1, -0.05) is 17.3 Å². The van der Waals surface area contributed by atoms with Crippen LogP contribution in [0.15, 0.2) is 28.8 Å². The fraction of sp³-hybridized carbons (Fsp3) is 0.444. The Morgan fingerprint density at radius 2 is 2.15 bits per heavy atom. The molecule has 136 valence electrons. The van der Waals surface area contributed by atoms with Gasteiger partial charge < -0.3 is 19.1 Å². The number of fused-ring (bicyclic) bond motifs is 1. The van der Waals surface area contributed by atoms with Gasteiger partial charge in [0.05, 0.1) is 25.2 Å². The second kappa shape index (κ2) is 6.53. The van der Waals surface area contributed by atoms with Crippen LogP contribution in [0.1, 0.15) is 22.7 Å². The normalized spacial score (nSPS) is 23.1. The van der Waals surface area contributed by atoms with Gasteiger partial charge in [-0.25, -0.2) is 0 Å². The van der Waals surface area contributed by atoms with Gasteiger partial charge in [0.25, 0.3) is 5.91 Å². The lowest BCUT2D eigenvalue weighted by Gasteiger charge is -2.25. The summed E-state index contributed by atoms with van der Waals surface area (Å²) in [6, 6.07) is 7.07. The molecular formula is C18H20N4O4. The van der Waals surface area contributed by atoms with Crippen molar-refractivity contribution in [1.82, 2.24) is 19.9 Å². The highest BCUT2D eigenvalue weighted by Gasteiger charge is 2.41. The summed E-state index contributed by atoms with van der Waals surface area (Å²) in [5.41, 5.74) is 1.28. The van der Waals surface area contributed by atoms with E-state index in [2.05, 4.69) is 10.1 Å². The molecule has 4 rings (SSSR count). The van der Waals surface area contributed by atoms with Gasteiger partial charge in [-0.05, 0) is 12.1 Å². The van der Waals surface area contributed by atoms with E-state index >= 15 is 0 Å². The smallest absolute Gasteiger partial charge is 0.254 e. The largest absolute Gasteiger partial charge is 0.374 e. The Morgan fingerprint density at radius 3 is 2.92 bits per heavy atom. The predicted octanol–water partition coefficient (Wildman–Crippen LogP) is 1.12. The molecule has 2 saturated heterocycles. The number of rotatable bonds is 2. The zero-order chi connectivity index (χ0) is 18.3. The SMILES string of the molecule is Cc1nc(-c2cccc(C(=O)N3C[C@@H]4OCCC(=O)N(C)[C@H]4C3)c2)no1. The van der Waals surface area contributed by atoms with Gasteiger partial charge in [-0.2, -0.15) is 4.98 Å². The highest BCUT2D eigenvalue weighted by molar-refractivity contribution is 5.95. The number of aryl methyl sites for hydroxylation is 1. The zero-order valence-corrected chi connectivity index (χ0v) is 14.7. The lowest BCUT2D eigenvalue weighted by molar-refractivity contribution is -0.131.